The molecule has 0 aliphatic carbocycles. The van der Waals surface area contributed by atoms with Gasteiger partial charge in [0.05, 0.1) is 19.3 Å². The molecule has 166 valence electrons. The monoisotopic (exact) mass is 512 g/mol. The van der Waals surface area contributed by atoms with Gasteiger partial charge in [-0.3, -0.25) is 4.90 Å². The molecule has 32 heavy (non-hydrogen) atoms. The molecule has 2 heterocycles. The third-order valence-electron chi connectivity index (χ3n) is 5.37. The average Bonchev–Trinajstić information content (AvgIpc) is 3.17. The number of benzene rings is 2. The van der Waals surface area contributed by atoms with Gasteiger partial charge in [0.2, 0.25) is 0 Å². The highest BCUT2D eigenvalue weighted by Gasteiger charge is 2.28. The van der Waals surface area contributed by atoms with Crippen molar-refractivity contribution < 1.29 is 14.3 Å². The minimum atomic E-state index is -0.293. The molecule has 0 unspecified atom stereocenters. The SMILES string of the molecule is CCOC(=O)c1c(N=Cc2cc(OC)ccc2Br)sc2c1CCN(Cc1ccccc1)C2. The molecule has 2 aromatic carbocycles. The molecule has 5 nitrogen and oxygen atoms in total. The summed E-state index contributed by atoms with van der Waals surface area (Å²) in [5, 5.41) is 0.699. The van der Waals surface area contributed by atoms with Crippen LogP contribution < -0.4 is 4.74 Å². The van der Waals surface area contributed by atoms with Crippen molar-refractivity contribution in [1.29, 1.82) is 0 Å². The van der Waals surface area contributed by atoms with Crippen LogP contribution in [-0.4, -0.2) is 37.3 Å². The summed E-state index contributed by atoms with van der Waals surface area (Å²) in [7, 11) is 1.64. The lowest BCUT2D eigenvalue weighted by Gasteiger charge is -2.27. The minimum Gasteiger partial charge on any atom is -0.497 e. The molecule has 0 radical (unpaired) electrons. The van der Waals surface area contributed by atoms with Gasteiger partial charge < -0.3 is 9.47 Å². The zero-order valence-electron chi connectivity index (χ0n) is 18.1. The van der Waals surface area contributed by atoms with Crippen LogP contribution >= 0.6 is 27.3 Å². The highest BCUT2D eigenvalue weighted by Crippen LogP contribution is 2.40. The maximum absolute atomic E-state index is 12.8. The molecule has 0 saturated carbocycles. The van der Waals surface area contributed by atoms with Crippen molar-refractivity contribution in [2.75, 3.05) is 20.3 Å². The number of methoxy groups -OCH3 is 1. The van der Waals surface area contributed by atoms with E-state index in [2.05, 4.69) is 45.1 Å². The second-order valence-electron chi connectivity index (χ2n) is 7.50. The third kappa shape index (κ3) is 5.11. The van der Waals surface area contributed by atoms with Gasteiger partial charge in [-0.05, 0) is 42.7 Å². The predicted octanol–water partition coefficient (Wildman–Crippen LogP) is 6.00. The first-order valence-corrected chi connectivity index (χ1v) is 12.2. The zero-order valence-corrected chi connectivity index (χ0v) is 20.5. The van der Waals surface area contributed by atoms with Gasteiger partial charge in [0.25, 0.3) is 0 Å². The number of aliphatic imine (C=N–C) groups is 1. The Labute approximate surface area is 200 Å². The van der Waals surface area contributed by atoms with E-state index in [9.17, 15) is 4.79 Å². The van der Waals surface area contributed by atoms with Crippen LogP contribution in [-0.2, 0) is 24.2 Å². The van der Waals surface area contributed by atoms with Gasteiger partial charge in [0, 0.05) is 40.8 Å². The Balaban J connectivity index is 1.64. The second-order valence-corrected chi connectivity index (χ2v) is 9.43. The van der Waals surface area contributed by atoms with Crippen molar-refractivity contribution >= 4 is 44.5 Å². The van der Waals surface area contributed by atoms with Crippen LogP contribution in [0.4, 0.5) is 5.00 Å². The molecule has 0 fully saturated rings. The van der Waals surface area contributed by atoms with E-state index >= 15 is 0 Å². The molecule has 0 spiro atoms. The van der Waals surface area contributed by atoms with Crippen molar-refractivity contribution in [3.63, 3.8) is 0 Å². The fraction of sp³-hybridized carbons (Fsp3) is 0.280. The fourth-order valence-corrected chi connectivity index (χ4v) is 5.37. The Bertz CT molecular complexity index is 1130. The maximum Gasteiger partial charge on any atom is 0.341 e. The zero-order chi connectivity index (χ0) is 22.5. The molecule has 0 N–H and O–H groups in total. The maximum atomic E-state index is 12.8. The van der Waals surface area contributed by atoms with Gasteiger partial charge in [0.1, 0.15) is 10.8 Å². The summed E-state index contributed by atoms with van der Waals surface area (Å²) in [4.78, 5) is 21.1. The first-order chi connectivity index (χ1) is 15.6. The van der Waals surface area contributed by atoms with Crippen LogP contribution in [0.15, 0.2) is 58.0 Å². The van der Waals surface area contributed by atoms with E-state index < -0.39 is 0 Å². The van der Waals surface area contributed by atoms with E-state index in [0.29, 0.717) is 17.2 Å². The first kappa shape index (κ1) is 22.7. The average molecular weight is 513 g/mol. The summed E-state index contributed by atoms with van der Waals surface area (Å²) in [5.41, 5.74) is 3.87. The van der Waals surface area contributed by atoms with E-state index in [1.165, 1.54) is 10.4 Å². The Kier molecular flexibility index (Phi) is 7.40. The molecule has 1 aliphatic heterocycles. The van der Waals surface area contributed by atoms with Crippen LogP contribution in [0.2, 0.25) is 0 Å². The van der Waals surface area contributed by atoms with Crippen LogP contribution in [0.5, 0.6) is 5.75 Å². The van der Waals surface area contributed by atoms with Gasteiger partial charge in [-0.25, -0.2) is 9.79 Å². The van der Waals surface area contributed by atoms with Crippen LogP contribution in [0.25, 0.3) is 0 Å². The first-order valence-electron chi connectivity index (χ1n) is 10.5. The molecule has 7 heteroatoms. The normalized spacial score (nSPS) is 13.8. The number of carbonyl (C=O) groups is 1. The van der Waals surface area contributed by atoms with Gasteiger partial charge in [-0.2, -0.15) is 0 Å². The number of ether oxygens (including phenoxy) is 2. The standard InChI is InChI=1S/C25H25BrN2O3S/c1-3-31-25(29)23-20-11-12-28(15-17-7-5-4-6-8-17)16-22(20)32-24(23)27-14-18-13-19(30-2)9-10-21(18)26/h4-10,13-14H,3,11-12,15-16H2,1-2H3. The molecule has 4 rings (SSSR count). The number of thiophene rings is 1. The quantitative estimate of drug-likeness (QED) is 0.287. The van der Waals surface area contributed by atoms with Crippen molar-refractivity contribution in [3.05, 3.63) is 80.1 Å². The number of halogens is 1. The number of hydrogen-bond donors (Lipinski definition) is 0. The molecule has 0 bridgehead atoms. The third-order valence-corrected chi connectivity index (χ3v) is 7.22. The highest BCUT2D eigenvalue weighted by molar-refractivity contribution is 9.10. The molecular formula is C25H25BrN2O3S. The Morgan fingerprint density at radius 3 is 2.81 bits per heavy atom. The smallest absolute Gasteiger partial charge is 0.341 e. The van der Waals surface area contributed by atoms with E-state index in [4.69, 9.17) is 14.5 Å². The Hall–Kier alpha value is -2.48. The molecule has 0 saturated heterocycles. The van der Waals surface area contributed by atoms with Crippen molar-refractivity contribution in [2.24, 2.45) is 4.99 Å². The van der Waals surface area contributed by atoms with E-state index in [1.807, 2.05) is 31.2 Å². The lowest BCUT2D eigenvalue weighted by Crippen LogP contribution is -2.29. The summed E-state index contributed by atoms with van der Waals surface area (Å²) in [6.07, 6.45) is 2.58. The number of nitrogens with zero attached hydrogens (tertiary/aromatic N) is 2. The highest BCUT2D eigenvalue weighted by atomic mass is 79.9. The Morgan fingerprint density at radius 1 is 1.25 bits per heavy atom. The molecular weight excluding hydrogens is 488 g/mol. The summed E-state index contributed by atoms with van der Waals surface area (Å²) < 4.78 is 11.6. The number of hydrogen-bond acceptors (Lipinski definition) is 6. The largest absolute Gasteiger partial charge is 0.497 e. The molecule has 0 amide bonds. The van der Waals surface area contributed by atoms with Gasteiger partial charge in [-0.15, -0.1) is 11.3 Å². The number of esters is 1. The molecule has 1 aliphatic rings. The second kappa shape index (κ2) is 10.4. The predicted molar refractivity (Wildman–Crippen MR) is 132 cm³/mol. The van der Waals surface area contributed by atoms with Crippen LogP contribution in [0, 0.1) is 0 Å². The van der Waals surface area contributed by atoms with E-state index in [0.717, 1.165) is 47.4 Å². The van der Waals surface area contributed by atoms with E-state index in [1.54, 1.807) is 24.7 Å². The van der Waals surface area contributed by atoms with Gasteiger partial charge in [0.15, 0.2) is 0 Å². The summed E-state index contributed by atoms with van der Waals surface area (Å²) in [6.45, 7) is 4.76. The van der Waals surface area contributed by atoms with Gasteiger partial charge >= 0.3 is 5.97 Å². The summed E-state index contributed by atoms with van der Waals surface area (Å²) in [5.74, 6) is 0.459. The van der Waals surface area contributed by atoms with Crippen molar-refractivity contribution in [3.8, 4) is 5.75 Å². The number of rotatable bonds is 7. The fourth-order valence-electron chi connectivity index (χ4n) is 3.80. The molecule has 1 aromatic heterocycles. The topological polar surface area (TPSA) is 51.1 Å². The number of carbonyl (C=O) groups excluding carboxylic acids is 1. The van der Waals surface area contributed by atoms with Crippen molar-refractivity contribution in [2.45, 2.75) is 26.4 Å². The van der Waals surface area contributed by atoms with Crippen LogP contribution in [0.3, 0.4) is 0 Å². The lowest BCUT2D eigenvalue weighted by molar-refractivity contribution is 0.0526. The summed E-state index contributed by atoms with van der Waals surface area (Å²) in [6, 6.07) is 16.2. The minimum absolute atomic E-state index is 0.293. The van der Waals surface area contributed by atoms with E-state index in [-0.39, 0.29) is 5.97 Å². The number of fused-ring (bicyclic) bond motifs is 1. The van der Waals surface area contributed by atoms with Gasteiger partial charge in [-0.1, -0.05) is 46.3 Å². The molecule has 3 aromatic rings. The van der Waals surface area contributed by atoms with Crippen molar-refractivity contribution in [1.82, 2.24) is 4.90 Å². The summed E-state index contributed by atoms with van der Waals surface area (Å²) >= 11 is 5.14. The Morgan fingerprint density at radius 2 is 2.06 bits per heavy atom. The van der Waals surface area contributed by atoms with Crippen LogP contribution in [0.1, 0.15) is 38.8 Å². The lowest BCUT2D eigenvalue weighted by atomic mass is 10.0. The molecule has 0 atom stereocenters.